The lowest BCUT2D eigenvalue weighted by Crippen LogP contribution is -2.52. The Kier molecular flexibility index (Phi) is 11.8. The summed E-state index contributed by atoms with van der Waals surface area (Å²) in [5.41, 5.74) is 6.40. The van der Waals surface area contributed by atoms with Crippen molar-refractivity contribution in [3.05, 3.63) is 29.8 Å². The molecule has 1 rings (SSSR count). The number of hydrogen-bond donors (Lipinski definition) is 5. The molecule has 0 aliphatic carbocycles. The van der Waals surface area contributed by atoms with E-state index in [1.165, 1.54) is 0 Å². The van der Waals surface area contributed by atoms with Crippen LogP contribution in [-0.4, -0.2) is 49.5 Å². The van der Waals surface area contributed by atoms with Crippen molar-refractivity contribution in [3.63, 3.8) is 0 Å². The van der Waals surface area contributed by atoms with E-state index in [1.54, 1.807) is 38.2 Å². The summed E-state index contributed by atoms with van der Waals surface area (Å²) in [6, 6.07) is 5.01. The third kappa shape index (κ3) is 9.78. The Bertz CT molecular complexity index is 766. The van der Waals surface area contributed by atoms with Gasteiger partial charge >= 0.3 is 12.0 Å². The van der Waals surface area contributed by atoms with Crippen LogP contribution in [0.2, 0.25) is 0 Å². The second-order valence-corrected chi connectivity index (χ2v) is 7.71. The predicted molar refractivity (Wildman–Crippen MR) is 122 cm³/mol. The van der Waals surface area contributed by atoms with Crippen LogP contribution >= 0.6 is 0 Å². The first-order valence-corrected chi connectivity index (χ1v) is 10.7. The molecule has 0 saturated heterocycles. The van der Waals surface area contributed by atoms with Gasteiger partial charge in [0, 0.05) is 18.7 Å². The SMILES string of the molecule is CCC(=O)OCc1ccc(NC(=O)[C@H](CCCNC(N)=O)NC(=O)[C@@H](NC)C(C)C)cc1. The Morgan fingerprint density at radius 1 is 1.06 bits per heavy atom. The van der Waals surface area contributed by atoms with Gasteiger partial charge in [-0.1, -0.05) is 32.9 Å². The first-order valence-electron chi connectivity index (χ1n) is 10.7. The maximum Gasteiger partial charge on any atom is 0.312 e. The van der Waals surface area contributed by atoms with Gasteiger partial charge in [-0.25, -0.2) is 4.79 Å². The Morgan fingerprint density at radius 2 is 1.72 bits per heavy atom. The maximum atomic E-state index is 12.9. The number of carbonyl (C=O) groups is 4. The Labute approximate surface area is 189 Å². The fourth-order valence-corrected chi connectivity index (χ4v) is 2.99. The molecule has 0 bridgehead atoms. The standard InChI is InChI=1S/C22H35N5O5/c1-5-18(28)32-13-15-8-10-16(11-9-15)26-20(29)17(7-6-12-25-22(23)31)27-21(30)19(24-4)14(2)3/h8-11,14,17,19,24H,5-7,12-13H2,1-4H3,(H,26,29)(H,27,30)(H3,23,25,31)/t17-,19-/m0/s1. The molecule has 0 radical (unpaired) electrons. The van der Waals surface area contributed by atoms with Gasteiger partial charge in [0.1, 0.15) is 12.6 Å². The van der Waals surface area contributed by atoms with E-state index in [9.17, 15) is 19.2 Å². The molecular weight excluding hydrogens is 414 g/mol. The van der Waals surface area contributed by atoms with Crippen molar-refractivity contribution in [3.8, 4) is 0 Å². The molecule has 0 spiro atoms. The van der Waals surface area contributed by atoms with E-state index in [0.29, 0.717) is 31.5 Å². The summed E-state index contributed by atoms with van der Waals surface area (Å²) < 4.78 is 5.09. The maximum absolute atomic E-state index is 12.9. The first-order chi connectivity index (χ1) is 15.2. The summed E-state index contributed by atoms with van der Waals surface area (Å²) in [5.74, 6) is -0.901. The van der Waals surface area contributed by atoms with E-state index in [4.69, 9.17) is 10.5 Å². The number of primary amides is 1. The van der Waals surface area contributed by atoms with E-state index in [0.717, 1.165) is 5.56 Å². The fraction of sp³-hybridized carbons (Fsp3) is 0.545. The number of benzene rings is 1. The van der Waals surface area contributed by atoms with Crippen LogP contribution in [0.5, 0.6) is 0 Å². The van der Waals surface area contributed by atoms with Gasteiger partial charge in [-0.3, -0.25) is 14.4 Å². The molecule has 178 valence electrons. The zero-order chi connectivity index (χ0) is 24.1. The van der Waals surface area contributed by atoms with Crippen LogP contribution in [-0.2, 0) is 25.7 Å². The second kappa shape index (κ2) is 14.0. The van der Waals surface area contributed by atoms with Gasteiger partial charge in [0.2, 0.25) is 11.8 Å². The van der Waals surface area contributed by atoms with Crippen LogP contribution in [0.1, 0.15) is 45.6 Å². The summed E-state index contributed by atoms with van der Waals surface area (Å²) in [5, 5.41) is 11.0. The largest absolute Gasteiger partial charge is 0.461 e. The minimum absolute atomic E-state index is 0.0367. The number of nitrogens with one attached hydrogen (secondary N) is 4. The molecule has 6 N–H and O–H groups in total. The van der Waals surface area contributed by atoms with Crippen LogP contribution in [0.4, 0.5) is 10.5 Å². The topological polar surface area (TPSA) is 152 Å². The van der Waals surface area contributed by atoms with Crippen LogP contribution in [0, 0.1) is 5.92 Å². The fourth-order valence-electron chi connectivity index (χ4n) is 2.99. The van der Waals surface area contributed by atoms with Crippen LogP contribution < -0.4 is 27.0 Å². The smallest absolute Gasteiger partial charge is 0.312 e. The van der Waals surface area contributed by atoms with E-state index < -0.39 is 18.1 Å². The van der Waals surface area contributed by atoms with Crippen molar-refractivity contribution in [1.82, 2.24) is 16.0 Å². The molecule has 10 nitrogen and oxygen atoms in total. The quantitative estimate of drug-likeness (QED) is 0.226. The molecule has 10 heteroatoms. The number of urea groups is 1. The number of carbonyl (C=O) groups excluding carboxylic acids is 4. The van der Waals surface area contributed by atoms with Gasteiger partial charge in [-0.15, -0.1) is 0 Å². The summed E-state index contributed by atoms with van der Waals surface area (Å²) in [4.78, 5) is 47.6. The number of amides is 4. The highest BCUT2D eigenvalue weighted by atomic mass is 16.5. The van der Waals surface area contributed by atoms with E-state index in [1.807, 2.05) is 13.8 Å². The van der Waals surface area contributed by atoms with Crippen LogP contribution in [0.25, 0.3) is 0 Å². The number of esters is 1. The molecule has 1 aromatic rings. The van der Waals surface area contributed by atoms with Crippen molar-refractivity contribution in [2.45, 2.75) is 58.7 Å². The molecule has 0 heterocycles. The Hall–Kier alpha value is -3.14. The Balaban J connectivity index is 2.79. The predicted octanol–water partition coefficient (Wildman–Crippen LogP) is 1.26. The zero-order valence-electron chi connectivity index (χ0n) is 19.2. The number of nitrogens with two attached hydrogens (primary N) is 1. The number of likely N-dealkylation sites (N-methyl/N-ethyl adjacent to an activating group) is 1. The van der Waals surface area contributed by atoms with Crippen molar-refractivity contribution >= 4 is 29.5 Å². The lowest BCUT2D eigenvalue weighted by atomic mass is 10.0. The normalized spacial score (nSPS) is 12.5. The van der Waals surface area contributed by atoms with Gasteiger partial charge in [0.05, 0.1) is 6.04 Å². The van der Waals surface area contributed by atoms with Gasteiger partial charge in [-0.05, 0) is 43.5 Å². The average molecular weight is 450 g/mol. The minimum atomic E-state index is -0.794. The van der Waals surface area contributed by atoms with Crippen molar-refractivity contribution in [2.24, 2.45) is 11.7 Å². The van der Waals surface area contributed by atoms with Crippen molar-refractivity contribution in [2.75, 3.05) is 18.9 Å². The molecule has 4 amide bonds. The highest BCUT2D eigenvalue weighted by Crippen LogP contribution is 2.12. The van der Waals surface area contributed by atoms with Gasteiger partial charge in [0.25, 0.3) is 0 Å². The molecule has 0 saturated carbocycles. The number of anilines is 1. The zero-order valence-corrected chi connectivity index (χ0v) is 19.2. The first kappa shape index (κ1) is 26.9. The molecule has 0 aromatic heterocycles. The summed E-state index contributed by atoms with van der Waals surface area (Å²) in [6.07, 6.45) is 1.08. The molecule has 32 heavy (non-hydrogen) atoms. The van der Waals surface area contributed by atoms with Crippen molar-refractivity contribution < 1.29 is 23.9 Å². The highest BCUT2D eigenvalue weighted by Gasteiger charge is 2.26. The van der Waals surface area contributed by atoms with E-state index >= 15 is 0 Å². The van der Waals surface area contributed by atoms with Gasteiger partial charge in [0.15, 0.2) is 0 Å². The Morgan fingerprint density at radius 3 is 2.25 bits per heavy atom. The second-order valence-electron chi connectivity index (χ2n) is 7.71. The summed E-state index contributed by atoms with van der Waals surface area (Å²) in [7, 11) is 1.69. The molecule has 0 aliphatic heterocycles. The van der Waals surface area contributed by atoms with Crippen molar-refractivity contribution in [1.29, 1.82) is 0 Å². The molecule has 1 aromatic carbocycles. The van der Waals surface area contributed by atoms with Gasteiger partial charge < -0.3 is 31.7 Å². The average Bonchev–Trinajstić information content (AvgIpc) is 2.75. The number of ether oxygens (including phenoxy) is 1. The van der Waals surface area contributed by atoms with Crippen LogP contribution in [0.3, 0.4) is 0 Å². The molecule has 2 atom stereocenters. The molecule has 0 fully saturated rings. The molecule has 0 unspecified atom stereocenters. The third-order valence-corrected chi connectivity index (χ3v) is 4.77. The van der Waals surface area contributed by atoms with Gasteiger partial charge in [-0.2, -0.15) is 0 Å². The highest BCUT2D eigenvalue weighted by molar-refractivity contribution is 5.97. The van der Waals surface area contributed by atoms with E-state index in [2.05, 4.69) is 21.3 Å². The minimum Gasteiger partial charge on any atom is -0.461 e. The number of rotatable bonds is 13. The lowest BCUT2D eigenvalue weighted by Gasteiger charge is -2.24. The van der Waals surface area contributed by atoms with E-state index in [-0.39, 0.29) is 30.3 Å². The lowest BCUT2D eigenvalue weighted by molar-refractivity contribution is -0.144. The molecular formula is C22H35N5O5. The third-order valence-electron chi connectivity index (χ3n) is 4.77. The summed E-state index contributed by atoms with van der Waals surface area (Å²) in [6.45, 7) is 5.99. The summed E-state index contributed by atoms with van der Waals surface area (Å²) >= 11 is 0. The molecule has 0 aliphatic rings. The monoisotopic (exact) mass is 449 g/mol. The van der Waals surface area contributed by atoms with Crippen LogP contribution in [0.15, 0.2) is 24.3 Å². The number of hydrogen-bond acceptors (Lipinski definition) is 6.